The van der Waals surface area contributed by atoms with Crippen LogP contribution < -0.4 is 21.3 Å². The fraction of sp³-hybridized carbons (Fsp3) is 0.125. The summed E-state index contributed by atoms with van der Waals surface area (Å²) in [6.45, 7) is 3.21. The largest absolute Gasteiger partial charge is 0.326 e. The van der Waals surface area contributed by atoms with Gasteiger partial charge in [0.25, 0.3) is 11.8 Å². The fourth-order valence-electron chi connectivity index (χ4n) is 2.20. The van der Waals surface area contributed by atoms with Crippen LogP contribution in [0.25, 0.3) is 0 Å². The van der Waals surface area contributed by atoms with E-state index in [1.165, 1.54) is 6.07 Å². The van der Waals surface area contributed by atoms with Crippen molar-refractivity contribution in [3.63, 3.8) is 0 Å². The Hall–Kier alpha value is -3.78. The maximum absolute atomic E-state index is 12.0. The van der Waals surface area contributed by atoms with Crippen LogP contribution in [-0.4, -0.2) is 43.1 Å². The Labute approximate surface area is 177 Å². The van der Waals surface area contributed by atoms with E-state index in [4.69, 9.17) is 0 Å². The minimum absolute atomic E-state index is 0.230. The summed E-state index contributed by atoms with van der Waals surface area (Å²) >= 11 is 1.76. The molecule has 0 aliphatic carbocycles. The van der Waals surface area contributed by atoms with Crippen molar-refractivity contribution in [1.82, 2.24) is 29.8 Å². The summed E-state index contributed by atoms with van der Waals surface area (Å²) in [5.41, 5.74) is 1.46. The van der Waals surface area contributed by atoms with E-state index in [1.54, 1.807) is 32.0 Å². The predicted molar refractivity (Wildman–Crippen MR) is 109 cm³/mol. The van der Waals surface area contributed by atoms with Gasteiger partial charge in [-0.05, 0) is 55.1 Å². The molecule has 0 spiro atoms. The van der Waals surface area contributed by atoms with E-state index in [1.807, 2.05) is 0 Å². The highest BCUT2D eigenvalue weighted by Crippen LogP contribution is 2.16. The lowest BCUT2D eigenvalue weighted by Crippen LogP contribution is -2.35. The predicted octanol–water partition coefficient (Wildman–Crippen LogP) is 1.93. The second-order valence-electron chi connectivity index (χ2n) is 5.77. The van der Waals surface area contributed by atoms with Gasteiger partial charge in [-0.2, -0.15) is 0 Å². The zero-order valence-electron chi connectivity index (χ0n) is 15.5. The van der Waals surface area contributed by atoms with Gasteiger partial charge in [0.2, 0.25) is 0 Å². The summed E-state index contributed by atoms with van der Waals surface area (Å²) in [5, 5.41) is 16.7. The Kier molecular flexibility index (Phi) is 6.38. The van der Waals surface area contributed by atoms with Gasteiger partial charge in [-0.3, -0.25) is 20.2 Å². The van der Waals surface area contributed by atoms with Crippen LogP contribution in [0.4, 0.5) is 21.0 Å². The lowest BCUT2D eigenvalue weighted by molar-refractivity contribution is 0.0960. The Morgan fingerprint density at radius 1 is 0.767 bits per heavy atom. The molecule has 0 saturated carbocycles. The number of imide groups is 2. The van der Waals surface area contributed by atoms with Crippen molar-refractivity contribution in [2.45, 2.75) is 13.8 Å². The first-order chi connectivity index (χ1) is 14.3. The number of carbonyl (C=O) groups is 4. The molecule has 2 heterocycles. The summed E-state index contributed by atoms with van der Waals surface area (Å²) in [5.74, 6) is -1.25. The first-order valence-electron chi connectivity index (χ1n) is 8.26. The molecule has 0 saturated heterocycles. The Morgan fingerprint density at radius 3 is 1.57 bits per heavy atom. The smallest absolute Gasteiger partial charge is 0.308 e. The van der Waals surface area contributed by atoms with Crippen molar-refractivity contribution in [1.29, 1.82) is 0 Å². The summed E-state index contributed by atoms with van der Waals surface area (Å²) in [6.07, 6.45) is 0. The van der Waals surface area contributed by atoms with E-state index in [2.05, 4.69) is 40.4 Å². The molecule has 0 bridgehead atoms. The number of amides is 6. The molecule has 154 valence electrons. The molecule has 0 radical (unpaired) electrons. The number of hydrogen-bond donors (Lipinski definition) is 4. The normalized spacial score (nSPS) is 10.2. The third-order valence-electron chi connectivity index (χ3n) is 3.55. The van der Waals surface area contributed by atoms with Crippen LogP contribution in [0, 0.1) is 13.8 Å². The molecule has 30 heavy (non-hydrogen) atoms. The molecule has 6 amide bonds. The van der Waals surface area contributed by atoms with Crippen molar-refractivity contribution in [2.24, 2.45) is 0 Å². The molecule has 0 aliphatic rings. The average Bonchev–Trinajstić information content (AvgIpc) is 3.29. The molecule has 0 atom stereocenters. The van der Waals surface area contributed by atoms with Crippen LogP contribution in [-0.2, 0) is 0 Å². The zero-order valence-corrected chi connectivity index (χ0v) is 17.2. The van der Waals surface area contributed by atoms with E-state index < -0.39 is 23.9 Å². The molecule has 3 aromatic rings. The number of nitrogens with one attached hydrogen (secondary N) is 4. The summed E-state index contributed by atoms with van der Waals surface area (Å²) in [6, 6.07) is 4.61. The fourth-order valence-corrected chi connectivity index (χ4v) is 3.30. The molecule has 2 aromatic heterocycles. The molecular formula is C16H14N8O4S2. The SMILES string of the molecule is Cc1nnsc1C(=O)NC(=O)Nc1cccc(NC(=O)NC(=O)c2snnc2C)c1. The molecule has 4 N–H and O–H groups in total. The number of rotatable bonds is 4. The van der Waals surface area contributed by atoms with Gasteiger partial charge in [-0.25, -0.2) is 9.59 Å². The molecule has 14 heteroatoms. The second kappa shape index (κ2) is 9.15. The summed E-state index contributed by atoms with van der Waals surface area (Å²) in [4.78, 5) is 48.6. The highest BCUT2D eigenvalue weighted by molar-refractivity contribution is 7.08. The van der Waals surface area contributed by atoms with Gasteiger partial charge < -0.3 is 10.6 Å². The van der Waals surface area contributed by atoms with Crippen LogP contribution in [0.3, 0.4) is 0 Å². The molecule has 0 unspecified atom stereocenters. The van der Waals surface area contributed by atoms with E-state index in [-0.39, 0.29) is 9.75 Å². The van der Waals surface area contributed by atoms with Crippen LogP contribution in [0.15, 0.2) is 24.3 Å². The molecule has 3 rings (SSSR count). The number of benzene rings is 1. The van der Waals surface area contributed by atoms with Crippen molar-refractivity contribution in [3.05, 3.63) is 45.4 Å². The quantitative estimate of drug-likeness (QED) is 0.471. The molecule has 1 aromatic carbocycles. The summed E-state index contributed by atoms with van der Waals surface area (Å²) in [7, 11) is 0. The maximum atomic E-state index is 12.0. The number of aromatic nitrogens is 4. The number of anilines is 2. The highest BCUT2D eigenvalue weighted by atomic mass is 32.1. The van der Waals surface area contributed by atoms with Gasteiger partial charge in [0.1, 0.15) is 9.75 Å². The third kappa shape index (κ3) is 5.18. The number of aryl methyl sites for hydroxylation is 2. The van der Waals surface area contributed by atoms with Gasteiger partial charge in [0.05, 0.1) is 11.4 Å². The number of carbonyl (C=O) groups excluding carboxylic acids is 4. The van der Waals surface area contributed by atoms with Crippen LogP contribution in [0.1, 0.15) is 30.7 Å². The van der Waals surface area contributed by atoms with E-state index in [0.717, 1.165) is 23.1 Å². The minimum atomic E-state index is -0.766. The van der Waals surface area contributed by atoms with Crippen molar-refractivity contribution >= 4 is 58.3 Å². The number of nitrogens with zero attached hydrogens (tertiary/aromatic N) is 4. The first-order valence-corrected chi connectivity index (χ1v) is 9.81. The average molecular weight is 446 g/mol. The first kappa shape index (κ1) is 20.9. The van der Waals surface area contributed by atoms with Gasteiger partial charge in [-0.15, -0.1) is 10.2 Å². The monoisotopic (exact) mass is 446 g/mol. The zero-order chi connectivity index (χ0) is 21.7. The van der Waals surface area contributed by atoms with Gasteiger partial charge in [0.15, 0.2) is 0 Å². The lowest BCUT2D eigenvalue weighted by atomic mass is 10.3. The Balaban J connectivity index is 1.56. The second-order valence-corrected chi connectivity index (χ2v) is 7.28. The van der Waals surface area contributed by atoms with Crippen LogP contribution in [0.5, 0.6) is 0 Å². The van der Waals surface area contributed by atoms with Gasteiger partial charge in [0, 0.05) is 11.4 Å². The van der Waals surface area contributed by atoms with E-state index in [0.29, 0.717) is 22.8 Å². The summed E-state index contributed by atoms with van der Waals surface area (Å²) < 4.78 is 7.27. The molecular weight excluding hydrogens is 432 g/mol. The van der Waals surface area contributed by atoms with Gasteiger partial charge in [-0.1, -0.05) is 15.0 Å². The van der Waals surface area contributed by atoms with Crippen molar-refractivity contribution < 1.29 is 19.2 Å². The maximum Gasteiger partial charge on any atom is 0.326 e. The van der Waals surface area contributed by atoms with Crippen molar-refractivity contribution in [2.75, 3.05) is 10.6 Å². The molecule has 12 nitrogen and oxygen atoms in total. The molecule has 0 fully saturated rings. The van der Waals surface area contributed by atoms with Crippen LogP contribution in [0.2, 0.25) is 0 Å². The number of urea groups is 2. The Bertz CT molecular complexity index is 1040. The Morgan fingerprint density at radius 2 is 1.20 bits per heavy atom. The topological polar surface area (TPSA) is 168 Å². The van der Waals surface area contributed by atoms with E-state index in [9.17, 15) is 19.2 Å². The molecule has 0 aliphatic heterocycles. The number of hydrogen-bond acceptors (Lipinski definition) is 10. The minimum Gasteiger partial charge on any atom is -0.308 e. The van der Waals surface area contributed by atoms with Crippen molar-refractivity contribution in [3.8, 4) is 0 Å². The third-order valence-corrected chi connectivity index (χ3v) is 5.20. The highest BCUT2D eigenvalue weighted by Gasteiger charge is 2.17. The van der Waals surface area contributed by atoms with Crippen LogP contribution >= 0.6 is 23.1 Å². The lowest BCUT2D eigenvalue weighted by Gasteiger charge is -2.09. The van der Waals surface area contributed by atoms with E-state index >= 15 is 0 Å². The standard InChI is InChI=1S/C16H14N8O4S2/c1-7-11(29-23-21-7)13(25)19-15(27)17-9-4-3-5-10(6-9)18-16(28)20-14(26)12-8(2)22-24-30-12/h3-6H,1-2H3,(H2,17,19,25,27)(H2,18,20,26,28). The van der Waals surface area contributed by atoms with Gasteiger partial charge >= 0.3 is 12.1 Å².